The molecule has 1 atom stereocenters. The number of hydrogen-bond acceptors (Lipinski definition) is 4. The van der Waals surface area contributed by atoms with Gasteiger partial charge >= 0.3 is 0 Å². The van der Waals surface area contributed by atoms with Crippen LogP contribution >= 0.6 is 11.3 Å². The Bertz CT molecular complexity index is 944. The highest BCUT2D eigenvalue weighted by atomic mass is 32.1. The Morgan fingerprint density at radius 1 is 1.15 bits per heavy atom. The molecular weight excluding hydrogens is 348 g/mol. The van der Waals surface area contributed by atoms with E-state index in [9.17, 15) is 9.59 Å². The fraction of sp³-hybridized carbons (Fsp3) is 0.211. The first-order valence-corrected chi connectivity index (χ1v) is 9.04. The highest BCUT2D eigenvalue weighted by molar-refractivity contribution is 7.15. The number of nitrogens with one attached hydrogen (secondary N) is 3. The van der Waals surface area contributed by atoms with Gasteiger partial charge in [0.15, 0.2) is 5.82 Å². The normalized spacial score (nSPS) is 11.8. The van der Waals surface area contributed by atoms with E-state index in [1.165, 1.54) is 4.88 Å². The van der Waals surface area contributed by atoms with Gasteiger partial charge in [0.1, 0.15) is 6.04 Å². The van der Waals surface area contributed by atoms with Crippen molar-refractivity contribution in [3.05, 3.63) is 58.5 Å². The minimum Gasteiger partial charge on any atom is -0.341 e. The van der Waals surface area contributed by atoms with Gasteiger partial charge in [0.2, 0.25) is 5.91 Å². The Balaban J connectivity index is 1.61. The number of rotatable bonds is 5. The van der Waals surface area contributed by atoms with Crippen molar-refractivity contribution in [3.63, 3.8) is 0 Å². The van der Waals surface area contributed by atoms with Crippen LogP contribution in [0.1, 0.15) is 27.7 Å². The average Bonchev–Trinajstić information content (AvgIpc) is 3.23. The smallest absolute Gasteiger partial charge is 0.251 e. The molecule has 2 aromatic heterocycles. The summed E-state index contributed by atoms with van der Waals surface area (Å²) < 4.78 is 0. The Hall–Kier alpha value is -2.93. The summed E-state index contributed by atoms with van der Waals surface area (Å²) in [6.45, 7) is 5.59. The number of H-pyrrole nitrogens is 1. The van der Waals surface area contributed by atoms with E-state index in [-0.39, 0.29) is 11.8 Å². The lowest BCUT2D eigenvalue weighted by Crippen LogP contribution is -2.41. The zero-order valence-corrected chi connectivity index (χ0v) is 15.6. The number of amides is 2. The van der Waals surface area contributed by atoms with Crippen LogP contribution in [0.25, 0.3) is 10.6 Å². The highest BCUT2D eigenvalue weighted by Crippen LogP contribution is 2.27. The number of benzene rings is 1. The van der Waals surface area contributed by atoms with Crippen molar-refractivity contribution < 1.29 is 9.59 Å². The molecule has 0 aliphatic carbocycles. The molecule has 3 aromatic rings. The summed E-state index contributed by atoms with van der Waals surface area (Å²) in [7, 11) is 0. The number of thiophene rings is 1. The zero-order chi connectivity index (χ0) is 18.7. The summed E-state index contributed by atoms with van der Waals surface area (Å²) in [5, 5.41) is 12.4. The summed E-state index contributed by atoms with van der Waals surface area (Å²) in [5.41, 5.74) is 2.36. The van der Waals surface area contributed by atoms with Crippen molar-refractivity contribution in [2.75, 3.05) is 5.32 Å². The van der Waals surface area contributed by atoms with Crippen molar-refractivity contribution in [1.82, 2.24) is 15.5 Å². The molecule has 0 aliphatic heterocycles. The molecule has 0 saturated heterocycles. The molecule has 134 valence electrons. The van der Waals surface area contributed by atoms with Crippen LogP contribution in [0.3, 0.4) is 0 Å². The van der Waals surface area contributed by atoms with Crippen molar-refractivity contribution >= 4 is 29.0 Å². The molecule has 1 aromatic carbocycles. The standard InChI is InChI=1S/C19H20N4O2S/c1-11-5-4-6-14(9-11)19(25)20-13(3)18(24)21-17-10-15(22-23-17)16-8-7-12(2)26-16/h4-10,13H,1-3H3,(H,20,25)(H2,21,22,23,24). The molecule has 7 heteroatoms. The van der Waals surface area contributed by atoms with E-state index >= 15 is 0 Å². The third-order valence-electron chi connectivity index (χ3n) is 3.86. The molecule has 3 N–H and O–H groups in total. The molecule has 1 unspecified atom stereocenters. The van der Waals surface area contributed by atoms with E-state index in [2.05, 4.69) is 20.8 Å². The summed E-state index contributed by atoms with van der Waals surface area (Å²) in [6, 6.07) is 12.3. The van der Waals surface area contributed by atoms with Gasteiger partial charge in [0, 0.05) is 16.5 Å². The van der Waals surface area contributed by atoms with Gasteiger partial charge < -0.3 is 10.6 Å². The Labute approximate surface area is 155 Å². The lowest BCUT2D eigenvalue weighted by molar-refractivity contribution is -0.117. The van der Waals surface area contributed by atoms with E-state index < -0.39 is 6.04 Å². The summed E-state index contributed by atoms with van der Waals surface area (Å²) >= 11 is 1.65. The van der Waals surface area contributed by atoms with Crippen molar-refractivity contribution in [2.45, 2.75) is 26.8 Å². The van der Waals surface area contributed by atoms with Gasteiger partial charge in [-0.2, -0.15) is 5.10 Å². The van der Waals surface area contributed by atoms with E-state index in [1.807, 2.05) is 38.1 Å². The molecule has 2 amide bonds. The maximum Gasteiger partial charge on any atom is 0.251 e. The van der Waals surface area contributed by atoms with Gasteiger partial charge in [0.25, 0.3) is 5.91 Å². The first-order valence-electron chi connectivity index (χ1n) is 8.23. The second-order valence-electron chi connectivity index (χ2n) is 6.13. The minimum absolute atomic E-state index is 0.284. The predicted molar refractivity (Wildman–Crippen MR) is 103 cm³/mol. The Morgan fingerprint density at radius 2 is 1.96 bits per heavy atom. The van der Waals surface area contributed by atoms with Crippen molar-refractivity contribution in [3.8, 4) is 10.6 Å². The van der Waals surface area contributed by atoms with Gasteiger partial charge in [-0.1, -0.05) is 17.7 Å². The van der Waals surface area contributed by atoms with Crippen molar-refractivity contribution in [2.24, 2.45) is 0 Å². The minimum atomic E-state index is -0.688. The molecule has 0 saturated carbocycles. The molecule has 0 bridgehead atoms. The van der Waals surface area contributed by atoms with E-state index in [0.29, 0.717) is 11.4 Å². The maximum atomic E-state index is 12.3. The van der Waals surface area contributed by atoms with E-state index in [4.69, 9.17) is 0 Å². The molecule has 0 aliphatic rings. The van der Waals surface area contributed by atoms with Crippen LogP contribution < -0.4 is 10.6 Å². The molecule has 0 radical (unpaired) electrons. The topological polar surface area (TPSA) is 86.9 Å². The monoisotopic (exact) mass is 368 g/mol. The Morgan fingerprint density at radius 3 is 2.65 bits per heavy atom. The molecule has 26 heavy (non-hydrogen) atoms. The zero-order valence-electron chi connectivity index (χ0n) is 14.8. The predicted octanol–water partition coefficient (Wildman–Crippen LogP) is 3.51. The average molecular weight is 368 g/mol. The van der Waals surface area contributed by atoms with Gasteiger partial charge in [0.05, 0.1) is 10.6 Å². The van der Waals surface area contributed by atoms with Crippen LogP contribution in [0.2, 0.25) is 0 Å². The van der Waals surface area contributed by atoms with Gasteiger partial charge in [-0.15, -0.1) is 11.3 Å². The molecular formula is C19H20N4O2S. The maximum absolute atomic E-state index is 12.3. The summed E-state index contributed by atoms with van der Waals surface area (Å²) in [6.07, 6.45) is 0. The van der Waals surface area contributed by atoms with Crippen molar-refractivity contribution in [1.29, 1.82) is 0 Å². The summed E-state index contributed by atoms with van der Waals surface area (Å²) in [4.78, 5) is 26.8. The first kappa shape index (κ1) is 17.9. The van der Waals surface area contributed by atoms with Gasteiger partial charge in [-0.3, -0.25) is 14.7 Å². The number of anilines is 1. The number of aromatic amines is 1. The van der Waals surface area contributed by atoms with Crippen LogP contribution in [0.4, 0.5) is 5.82 Å². The number of aryl methyl sites for hydroxylation is 2. The lowest BCUT2D eigenvalue weighted by Gasteiger charge is -2.13. The number of nitrogens with zero attached hydrogens (tertiary/aromatic N) is 1. The SMILES string of the molecule is Cc1cccc(C(=O)NC(C)C(=O)Nc2cc(-c3ccc(C)s3)[nH]n2)c1. The third-order valence-corrected chi connectivity index (χ3v) is 4.89. The molecule has 6 nitrogen and oxygen atoms in total. The van der Waals surface area contributed by atoms with E-state index in [0.717, 1.165) is 16.1 Å². The number of carbonyl (C=O) groups is 2. The van der Waals surface area contributed by atoms with Crippen LogP contribution in [0, 0.1) is 13.8 Å². The summed E-state index contributed by atoms with van der Waals surface area (Å²) in [5.74, 6) is -0.188. The van der Waals surface area contributed by atoms with Gasteiger partial charge in [-0.05, 0) is 45.0 Å². The second kappa shape index (κ2) is 7.53. The van der Waals surface area contributed by atoms with E-state index in [1.54, 1.807) is 36.5 Å². The molecule has 0 spiro atoms. The third kappa shape index (κ3) is 4.18. The molecule has 3 rings (SSSR count). The van der Waals surface area contributed by atoms with Crippen LogP contribution in [0.5, 0.6) is 0 Å². The number of hydrogen-bond donors (Lipinski definition) is 3. The lowest BCUT2D eigenvalue weighted by atomic mass is 10.1. The van der Waals surface area contributed by atoms with Crippen LogP contribution in [-0.2, 0) is 4.79 Å². The first-order chi connectivity index (χ1) is 12.4. The quantitative estimate of drug-likeness (QED) is 0.644. The number of aromatic nitrogens is 2. The number of carbonyl (C=O) groups excluding carboxylic acids is 2. The Kier molecular flexibility index (Phi) is 5.18. The van der Waals surface area contributed by atoms with Crippen LogP contribution in [-0.4, -0.2) is 28.1 Å². The fourth-order valence-electron chi connectivity index (χ4n) is 2.46. The highest BCUT2D eigenvalue weighted by Gasteiger charge is 2.18. The van der Waals surface area contributed by atoms with Gasteiger partial charge in [-0.25, -0.2) is 0 Å². The largest absolute Gasteiger partial charge is 0.341 e. The molecule has 0 fully saturated rings. The fourth-order valence-corrected chi connectivity index (χ4v) is 3.29. The second-order valence-corrected chi connectivity index (χ2v) is 7.42. The van der Waals surface area contributed by atoms with Crippen LogP contribution in [0.15, 0.2) is 42.5 Å². The molecule has 2 heterocycles.